The van der Waals surface area contributed by atoms with Crippen LogP contribution in [0.1, 0.15) is 12.5 Å². The molecule has 0 bridgehead atoms. The topological polar surface area (TPSA) is 24.5 Å². The fraction of sp³-hybridized carbons (Fsp3) is 0.235. The second-order valence-corrected chi connectivity index (χ2v) is 6.17. The number of thiocarbonyl (C=S) groups is 1. The van der Waals surface area contributed by atoms with Gasteiger partial charge in [-0.15, -0.1) is 0 Å². The summed E-state index contributed by atoms with van der Waals surface area (Å²) in [5.74, 6) is 0.863. The number of nitrogens with one attached hydrogen (secondary N) is 1. The fourth-order valence-corrected chi connectivity index (χ4v) is 2.40. The van der Waals surface area contributed by atoms with Crippen molar-refractivity contribution < 1.29 is 4.74 Å². The smallest absolute Gasteiger partial charge is 0.173 e. The van der Waals surface area contributed by atoms with Crippen molar-refractivity contribution in [2.24, 2.45) is 0 Å². The van der Waals surface area contributed by atoms with Crippen molar-refractivity contribution in [3.05, 3.63) is 58.6 Å². The van der Waals surface area contributed by atoms with Gasteiger partial charge < -0.3 is 15.0 Å². The summed E-state index contributed by atoms with van der Waals surface area (Å²) in [5.41, 5.74) is 2.16. The summed E-state index contributed by atoms with van der Waals surface area (Å²) in [6.07, 6.45) is 0. The van der Waals surface area contributed by atoms with Crippen molar-refractivity contribution >= 4 is 38.9 Å². The minimum absolute atomic E-state index is 0.668. The first-order valence-corrected chi connectivity index (χ1v) is 8.28. The minimum atomic E-state index is 0.668. The summed E-state index contributed by atoms with van der Waals surface area (Å²) in [6, 6.07) is 16.0. The van der Waals surface area contributed by atoms with Crippen LogP contribution in [0.4, 0.5) is 5.69 Å². The Labute approximate surface area is 145 Å². The molecule has 2 aromatic carbocycles. The van der Waals surface area contributed by atoms with E-state index in [9.17, 15) is 0 Å². The molecule has 5 heteroatoms. The van der Waals surface area contributed by atoms with Crippen LogP contribution in [0.5, 0.6) is 5.75 Å². The minimum Gasteiger partial charge on any atom is -0.494 e. The van der Waals surface area contributed by atoms with Crippen LogP contribution in [-0.4, -0.2) is 23.7 Å². The zero-order chi connectivity index (χ0) is 15.9. The van der Waals surface area contributed by atoms with Crippen LogP contribution in [0.3, 0.4) is 0 Å². The van der Waals surface area contributed by atoms with Gasteiger partial charge in [0.25, 0.3) is 0 Å². The van der Waals surface area contributed by atoms with Gasteiger partial charge in [0.2, 0.25) is 0 Å². The molecule has 0 aliphatic rings. The molecule has 22 heavy (non-hydrogen) atoms. The Bertz CT molecular complexity index is 614. The zero-order valence-corrected chi connectivity index (χ0v) is 15.1. The van der Waals surface area contributed by atoms with Crippen LogP contribution >= 0.6 is 28.1 Å². The monoisotopic (exact) mass is 378 g/mol. The standard InChI is InChI=1S/C17H19BrN2OS/c1-3-21-16-10-8-15(9-11-16)19-17(22)20(2)12-13-4-6-14(18)7-5-13/h4-11H,3,12H2,1-2H3,(H,19,22). The van der Waals surface area contributed by atoms with Gasteiger partial charge in [0, 0.05) is 23.8 Å². The number of anilines is 1. The number of benzene rings is 2. The summed E-state index contributed by atoms with van der Waals surface area (Å²) in [5, 5.41) is 3.92. The average Bonchev–Trinajstić information content (AvgIpc) is 2.51. The molecular formula is C17H19BrN2OS. The molecule has 0 aromatic heterocycles. The van der Waals surface area contributed by atoms with Gasteiger partial charge in [-0.25, -0.2) is 0 Å². The molecule has 0 saturated heterocycles. The van der Waals surface area contributed by atoms with E-state index in [-0.39, 0.29) is 0 Å². The first-order chi connectivity index (χ1) is 10.6. The number of hydrogen-bond donors (Lipinski definition) is 1. The van der Waals surface area contributed by atoms with E-state index in [1.807, 2.05) is 55.3 Å². The van der Waals surface area contributed by atoms with Crippen LogP contribution < -0.4 is 10.1 Å². The van der Waals surface area contributed by atoms with Gasteiger partial charge in [-0.3, -0.25) is 0 Å². The van der Waals surface area contributed by atoms with Crippen LogP contribution in [0.25, 0.3) is 0 Å². The van der Waals surface area contributed by atoms with E-state index in [1.54, 1.807) is 0 Å². The highest BCUT2D eigenvalue weighted by Gasteiger charge is 2.06. The number of rotatable bonds is 5. The normalized spacial score (nSPS) is 10.1. The molecule has 0 spiro atoms. The van der Waals surface area contributed by atoms with Crippen molar-refractivity contribution in [2.75, 3.05) is 19.0 Å². The zero-order valence-electron chi connectivity index (χ0n) is 12.7. The molecule has 2 aromatic rings. The molecule has 0 amide bonds. The highest BCUT2D eigenvalue weighted by atomic mass is 79.9. The summed E-state index contributed by atoms with van der Waals surface area (Å²) in [7, 11) is 1.98. The number of nitrogens with zero attached hydrogens (tertiary/aromatic N) is 1. The molecule has 116 valence electrons. The van der Waals surface area contributed by atoms with Crippen LogP contribution in [-0.2, 0) is 6.54 Å². The lowest BCUT2D eigenvalue weighted by Gasteiger charge is -2.21. The molecule has 0 fully saturated rings. The second kappa shape index (κ2) is 8.15. The third-order valence-electron chi connectivity index (χ3n) is 3.10. The van der Waals surface area contributed by atoms with Gasteiger partial charge in [-0.05, 0) is 61.1 Å². The molecule has 0 saturated carbocycles. The average molecular weight is 379 g/mol. The van der Waals surface area contributed by atoms with Crippen molar-refractivity contribution in [3.63, 3.8) is 0 Å². The molecule has 0 aliphatic carbocycles. The van der Waals surface area contributed by atoms with E-state index >= 15 is 0 Å². The van der Waals surface area contributed by atoms with Crippen LogP contribution in [0.2, 0.25) is 0 Å². The third kappa shape index (κ3) is 5.00. The quantitative estimate of drug-likeness (QED) is 0.763. The maximum atomic E-state index is 5.44. The predicted molar refractivity (Wildman–Crippen MR) is 99.4 cm³/mol. The summed E-state index contributed by atoms with van der Waals surface area (Å²) in [6.45, 7) is 3.40. The number of ether oxygens (including phenoxy) is 1. The predicted octanol–water partition coefficient (Wildman–Crippen LogP) is 4.68. The van der Waals surface area contributed by atoms with Crippen molar-refractivity contribution in [1.29, 1.82) is 0 Å². The van der Waals surface area contributed by atoms with Crippen LogP contribution in [0, 0.1) is 0 Å². The Kier molecular flexibility index (Phi) is 6.21. The molecule has 0 aliphatic heterocycles. The maximum absolute atomic E-state index is 5.44. The lowest BCUT2D eigenvalue weighted by Crippen LogP contribution is -2.30. The van der Waals surface area contributed by atoms with Gasteiger partial charge in [0.15, 0.2) is 5.11 Å². The Morgan fingerprint density at radius 2 is 1.77 bits per heavy atom. The van der Waals surface area contributed by atoms with Gasteiger partial charge >= 0.3 is 0 Å². The van der Waals surface area contributed by atoms with E-state index in [0.29, 0.717) is 11.7 Å². The Morgan fingerprint density at radius 3 is 2.36 bits per heavy atom. The maximum Gasteiger partial charge on any atom is 0.173 e. The lowest BCUT2D eigenvalue weighted by atomic mass is 10.2. The first kappa shape index (κ1) is 16.8. The number of halogens is 1. The highest BCUT2D eigenvalue weighted by Crippen LogP contribution is 2.17. The third-order valence-corrected chi connectivity index (χ3v) is 4.04. The van der Waals surface area contributed by atoms with Gasteiger partial charge in [0.1, 0.15) is 5.75 Å². The lowest BCUT2D eigenvalue weighted by molar-refractivity contribution is 0.340. The summed E-state index contributed by atoms with van der Waals surface area (Å²) in [4.78, 5) is 2.01. The Hall–Kier alpha value is -1.59. The van der Waals surface area contributed by atoms with E-state index < -0.39 is 0 Å². The van der Waals surface area contributed by atoms with E-state index in [4.69, 9.17) is 17.0 Å². The highest BCUT2D eigenvalue weighted by molar-refractivity contribution is 9.10. The van der Waals surface area contributed by atoms with Crippen molar-refractivity contribution in [3.8, 4) is 5.75 Å². The Balaban J connectivity index is 1.91. The molecule has 0 radical (unpaired) electrons. The molecule has 1 N–H and O–H groups in total. The van der Waals surface area contributed by atoms with Gasteiger partial charge in [0.05, 0.1) is 6.61 Å². The Morgan fingerprint density at radius 1 is 1.14 bits per heavy atom. The van der Waals surface area contributed by atoms with E-state index in [1.165, 1.54) is 5.56 Å². The molecule has 0 atom stereocenters. The van der Waals surface area contributed by atoms with Gasteiger partial charge in [-0.2, -0.15) is 0 Å². The SMILES string of the molecule is CCOc1ccc(NC(=S)N(C)Cc2ccc(Br)cc2)cc1. The van der Waals surface area contributed by atoms with E-state index in [2.05, 4.69) is 33.4 Å². The van der Waals surface area contributed by atoms with Gasteiger partial charge in [-0.1, -0.05) is 28.1 Å². The second-order valence-electron chi connectivity index (χ2n) is 4.87. The first-order valence-electron chi connectivity index (χ1n) is 7.08. The molecule has 0 heterocycles. The van der Waals surface area contributed by atoms with Crippen molar-refractivity contribution in [2.45, 2.75) is 13.5 Å². The summed E-state index contributed by atoms with van der Waals surface area (Å²) >= 11 is 8.88. The molecule has 2 rings (SSSR count). The number of hydrogen-bond acceptors (Lipinski definition) is 2. The summed E-state index contributed by atoms with van der Waals surface area (Å²) < 4.78 is 6.50. The van der Waals surface area contributed by atoms with Crippen molar-refractivity contribution in [1.82, 2.24) is 4.90 Å². The largest absolute Gasteiger partial charge is 0.494 e. The molecule has 3 nitrogen and oxygen atoms in total. The molecule has 0 unspecified atom stereocenters. The fourth-order valence-electron chi connectivity index (χ4n) is 1.96. The molecular weight excluding hydrogens is 360 g/mol. The van der Waals surface area contributed by atoms with Crippen LogP contribution in [0.15, 0.2) is 53.0 Å². The van der Waals surface area contributed by atoms with E-state index in [0.717, 1.165) is 22.5 Å².